The van der Waals surface area contributed by atoms with Gasteiger partial charge in [0.25, 0.3) is 0 Å². The summed E-state index contributed by atoms with van der Waals surface area (Å²) < 4.78 is 1.87. The number of nitrogens with zero attached hydrogens (tertiary/aromatic N) is 2. The fourth-order valence-corrected chi connectivity index (χ4v) is 2.99. The van der Waals surface area contributed by atoms with Gasteiger partial charge >= 0.3 is 0 Å². The molecule has 84 valence electrons. The molecule has 3 heteroatoms. The van der Waals surface area contributed by atoms with Crippen LogP contribution in [0.15, 0.2) is 12.4 Å². The first-order valence-corrected chi connectivity index (χ1v) is 6.31. The molecule has 0 aliphatic heterocycles. The highest BCUT2D eigenvalue weighted by Gasteiger charge is 2.32. The Kier molecular flexibility index (Phi) is 3.35. The zero-order valence-corrected chi connectivity index (χ0v) is 10.1. The lowest BCUT2D eigenvalue weighted by atomic mass is 9.83. The summed E-state index contributed by atoms with van der Waals surface area (Å²) in [7, 11) is 1.97. The molecule has 0 N–H and O–H groups in total. The van der Waals surface area contributed by atoms with Gasteiger partial charge in [-0.15, -0.1) is 11.6 Å². The van der Waals surface area contributed by atoms with E-state index in [2.05, 4.69) is 11.3 Å². The van der Waals surface area contributed by atoms with Crippen molar-refractivity contribution in [3.05, 3.63) is 18.0 Å². The Labute approximate surface area is 96.6 Å². The van der Waals surface area contributed by atoms with Crippen LogP contribution in [-0.4, -0.2) is 15.7 Å². The molecule has 1 heterocycles. The van der Waals surface area contributed by atoms with Crippen LogP contribution in [0.25, 0.3) is 0 Å². The van der Waals surface area contributed by atoms with Crippen molar-refractivity contribution in [1.29, 1.82) is 0 Å². The van der Waals surface area contributed by atoms with E-state index in [1.165, 1.54) is 37.7 Å². The van der Waals surface area contributed by atoms with E-state index in [4.69, 9.17) is 11.6 Å². The zero-order valence-electron chi connectivity index (χ0n) is 9.38. The van der Waals surface area contributed by atoms with E-state index in [-0.39, 0.29) is 0 Å². The normalized spacial score (nSPS) is 19.6. The van der Waals surface area contributed by atoms with Crippen molar-refractivity contribution in [2.24, 2.45) is 12.5 Å². The number of halogens is 1. The van der Waals surface area contributed by atoms with Gasteiger partial charge in [-0.25, -0.2) is 0 Å². The first kappa shape index (κ1) is 11.0. The molecule has 1 aliphatic carbocycles. The number of aromatic nitrogens is 2. The monoisotopic (exact) mass is 226 g/mol. The van der Waals surface area contributed by atoms with Crippen LogP contribution in [0, 0.1) is 5.41 Å². The van der Waals surface area contributed by atoms with Gasteiger partial charge in [-0.2, -0.15) is 5.10 Å². The molecule has 1 aromatic rings. The topological polar surface area (TPSA) is 17.8 Å². The Morgan fingerprint density at radius 3 is 2.73 bits per heavy atom. The van der Waals surface area contributed by atoms with Crippen LogP contribution in [-0.2, 0) is 13.5 Å². The summed E-state index contributed by atoms with van der Waals surface area (Å²) in [5, 5.41) is 4.19. The summed E-state index contributed by atoms with van der Waals surface area (Å²) >= 11 is 6.12. The molecule has 1 fully saturated rings. The van der Waals surface area contributed by atoms with Gasteiger partial charge in [-0.1, -0.05) is 12.8 Å². The van der Waals surface area contributed by atoms with E-state index >= 15 is 0 Å². The number of alkyl halides is 1. The highest BCUT2D eigenvalue weighted by atomic mass is 35.5. The molecule has 2 nitrogen and oxygen atoms in total. The van der Waals surface area contributed by atoms with E-state index in [1.54, 1.807) is 0 Å². The molecular formula is C12H19ClN2. The third-order valence-electron chi connectivity index (χ3n) is 3.65. The lowest BCUT2D eigenvalue weighted by molar-refractivity contribution is 0.315. The Balaban J connectivity index is 1.91. The van der Waals surface area contributed by atoms with Gasteiger partial charge < -0.3 is 0 Å². The van der Waals surface area contributed by atoms with Crippen molar-refractivity contribution in [3.63, 3.8) is 0 Å². The molecule has 0 saturated heterocycles. The third kappa shape index (κ3) is 2.54. The van der Waals surface area contributed by atoms with Gasteiger partial charge in [0.2, 0.25) is 0 Å². The van der Waals surface area contributed by atoms with Crippen molar-refractivity contribution in [2.75, 3.05) is 5.88 Å². The Morgan fingerprint density at radius 2 is 2.20 bits per heavy atom. The van der Waals surface area contributed by atoms with Gasteiger partial charge in [0.15, 0.2) is 0 Å². The molecule has 0 bridgehead atoms. The highest BCUT2D eigenvalue weighted by Crippen LogP contribution is 2.42. The number of hydrogen-bond donors (Lipinski definition) is 0. The largest absolute Gasteiger partial charge is 0.276 e. The standard InChI is InChI=1S/C12H19ClN2/c1-15-9-11(8-14-15)4-7-12(10-13)5-2-3-6-12/h8-9H,2-7,10H2,1H3. The lowest BCUT2D eigenvalue weighted by Crippen LogP contribution is -2.19. The van der Waals surface area contributed by atoms with E-state index < -0.39 is 0 Å². The van der Waals surface area contributed by atoms with Gasteiger partial charge in [0.05, 0.1) is 6.20 Å². The SMILES string of the molecule is Cn1cc(CCC2(CCl)CCCC2)cn1. The zero-order chi connectivity index (χ0) is 10.7. The molecular weight excluding hydrogens is 208 g/mol. The maximum Gasteiger partial charge on any atom is 0.0521 e. The smallest absolute Gasteiger partial charge is 0.0521 e. The summed E-state index contributed by atoms with van der Waals surface area (Å²) in [6, 6.07) is 0. The minimum atomic E-state index is 0.428. The predicted molar refractivity (Wildman–Crippen MR) is 63.2 cm³/mol. The first-order valence-electron chi connectivity index (χ1n) is 5.78. The molecule has 0 amide bonds. The molecule has 1 saturated carbocycles. The Bertz CT molecular complexity index is 313. The fraction of sp³-hybridized carbons (Fsp3) is 0.750. The van der Waals surface area contributed by atoms with Crippen LogP contribution in [0.1, 0.15) is 37.7 Å². The Hall–Kier alpha value is -0.500. The summed E-state index contributed by atoms with van der Waals surface area (Å²) in [6.07, 6.45) is 11.8. The average molecular weight is 227 g/mol. The molecule has 0 unspecified atom stereocenters. The number of rotatable bonds is 4. The van der Waals surface area contributed by atoms with Gasteiger partial charge in [0, 0.05) is 19.1 Å². The van der Waals surface area contributed by atoms with Crippen LogP contribution in [0.3, 0.4) is 0 Å². The van der Waals surface area contributed by atoms with E-state index in [1.807, 2.05) is 17.9 Å². The van der Waals surface area contributed by atoms with Crippen molar-refractivity contribution in [3.8, 4) is 0 Å². The second kappa shape index (κ2) is 4.56. The molecule has 2 rings (SSSR count). The molecule has 1 aliphatic rings. The molecule has 0 spiro atoms. The van der Waals surface area contributed by atoms with Crippen LogP contribution < -0.4 is 0 Å². The second-order valence-corrected chi connectivity index (χ2v) is 5.13. The number of aryl methyl sites for hydroxylation is 2. The molecule has 0 radical (unpaired) electrons. The summed E-state index contributed by atoms with van der Waals surface area (Å²) in [5.41, 5.74) is 1.77. The maximum absolute atomic E-state index is 6.12. The quantitative estimate of drug-likeness (QED) is 0.722. The first-order chi connectivity index (χ1) is 7.24. The predicted octanol–water partition coefficient (Wildman–Crippen LogP) is 3.15. The lowest BCUT2D eigenvalue weighted by Gasteiger charge is -2.25. The second-order valence-electron chi connectivity index (χ2n) is 4.86. The molecule has 0 atom stereocenters. The minimum absolute atomic E-state index is 0.428. The minimum Gasteiger partial charge on any atom is -0.276 e. The summed E-state index contributed by atoms with van der Waals surface area (Å²) in [6.45, 7) is 0. The molecule has 0 aromatic carbocycles. The fourth-order valence-electron chi connectivity index (χ4n) is 2.59. The van der Waals surface area contributed by atoms with E-state index in [0.29, 0.717) is 5.41 Å². The van der Waals surface area contributed by atoms with Gasteiger partial charge in [0.1, 0.15) is 0 Å². The van der Waals surface area contributed by atoms with Crippen LogP contribution in [0.5, 0.6) is 0 Å². The van der Waals surface area contributed by atoms with Crippen molar-refractivity contribution in [2.45, 2.75) is 38.5 Å². The Morgan fingerprint density at radius 1 is 1.47 bits per heavy atom. The van der Waals surface area contributed by atoms with E-state index in [9.17, 15) is 0 Å². The highest BCUT2D eigenvalue weighted by molar-refractivity contribution is 6.18. The van der Waals surface area contributed by atoms with Gasteiger partial charge in [-0.05, 0) is 36.7 Å². The number of hydrogen-bond acceptors (Lipinski definition) is 1. The van der Waals surface area contributed by atoms with Crippen molar-refractivity contribution >= 4 is 11.6 Å². The van der Waals surface area contributed by atoms with E-state index in [0.717, 1.165) is 12.3 Å². The molecule has 15 heavy (non-hydrogen) atoms. The van der Waals surface area contributed by atoms with Crippen LogP contribution in [0.4, 0.5) is 0 Å². The average Bonchev–Trinajstić information content (AvgIpc) is 2.85. The van der Waals surface area contributed by atoms with Gasteiger partial charge in [-0.3, -0.25) is 4.68 Å². The third-order valence-corrected chi connectivity index (χ3v) is 4.22. The summed E-state index contributed by atoms with van der Waals surface area (Å²) in [4.78, 5) is 0. The summed E-state index contributed by atoms with van der Waals surface area (Å²) in [5.74, 6) is 0.827. The molecule has 1 aromatic heterocycles. The van der Waals surface area contributed by atoms with Crippen LogP contribution in [0.2, 0.25) is 0 Å². The maximum atomic E-state index is 6.12. The van der Waals surface area contributed by atoms with Crippen molar-refractivity contribution < 1.29 is 0 Å². The van der Waals surface area contributed by atoms with Crippen molar-refractivity contribution in [1.82, 2.24) is 9.78 Å². The van der Waals surface area contributed by atoms with Crippen LogP contribution >= 0.6 is 11.6 Å².